The van der Waals surface area contributed by atoms with Crippen LogP contribution in [0.3, 0.4) is 0 Å². The fraction of sp³-hybridized carbons (Fsp3) is 0.125. The van der Waals surface area contributed by atoms with Crippen molar-refractivity contribution in [2.24, 2.45) is 0 Å². The molecule has 0 aromatic heterocycles. The maximum absolute atomic E-state index is 12.0. The Kier molecular flexibility index (Phi) is 4.42. The van der Waals surface area contributed by atoms with Gasteiger partial charge in [0.1, 0.15) is 6.07 Å². The largest absolute Gasteiger partial charge is 0.462 e. The van der Waals surface area contributed by atoms with Gasteiger partial charge in [-0.05, 0) is 37.3 Å². The van der Waals surface area contributed by atoms with Crippen LogP contribution in [0.15, 0.2) is 42.5 Å². The molecule has 0 radical (unpaired) electrons. The normalized spacial score (nSPS) is 9.71. The molecule has 5 heteroatoms. The topological polar surface area (TPSA) is 88.1 Å². The molecule has 0 heterocycles. The highest BCUT2D eigenvalue weighted by molar-refractivity contribution is 5.97. The van der Waals surface area contributed by atoms with Crippen LogP contribution in [0.25, 0.3) is 0 Å². The molecular weight excluding hydrogens is 266 g/mol. The van der Waals surface area contributed by atoms with Crippen LogP contribution < -0.4 is 11.1 Å². The van der Waals surface area contributed by atoms with Crippen LogP contribution in [0, 0.1) is 11.3 Å². The van der Waals surface area contributed by atoms with E-state index in [2.05, 4.69) is 11.4 Å². The Labute approximate surface area is 123 Å². The van der Waals surface area contributed by atoms with E-state index in [1.54, 1.807) is 43.3 Å². The summed E-state index contributed by atoms with van der Waals surface area (Å²) in [5.41, 5.74) is 8.19. The van der Waals surface area contributed by atoms with Crippen molar-refractivity contribution in [2.75, 3.05) is 17.7 Å². The Morgan fingerprint density at radius 1 is 1.29 bits per heavy atom. The first-order valence-corrected chi connectivity index (χ1v) is 6.48. The van der Waals surface area contributed by atoms with Gasteiger partial charge in [0.05, 0.1) is 29.1 Å². The number of carbonyl (C=O) groups excluding carboxylic acids is 1. The van der Waals surface area contributed by atoms with Gasteiger partial charge in [0.15, 0.2) is 0 Å². The van der Waals surface area contributed by atoms with E-state index in [0.717, 1.165) is 0 Å². The van der Waals surface area contributed by atoms with Gasteiger partial charge in [-0.1, -0.05) is 12.1 Å². The van der Waals surface area contributed by atoms with Crippen molar-refractivity contribution in [3.63, 3.8) is 0 Å². The van der Waals surface area contributed by atoms with Crippen LogP contribution in [0.5, 0.6) is 0 Å². The molecule has 0 atom stereocenters. The summed E-state index contributed by atoms with van der Waals surface area (Å²) in [5.74, 6) is -0.457. The van der Waals surface area contributed by atoms with E-state index in [1.807, 2.05) is 6.07 Å². The Morgan fingerprint density at radius 3 is 2.76 bits per heavy atom. The van der Waals surface area contributed by atoms with Crippen LogP contribution in [-0.4, -0.2) is 12.6 Å². The first kappa shape index (κ1) is 14.4. The van der Waals surface area contributed by atoms with E-state index >= 15 is 0 Å². The van der Waals surface area contributed by atoms with Crippen molar-refractivity contribution in [3.05, 3.63) is 53.6 Å². The summed E-state index contributed by atoms with van der Waals surface area (Å²) in [7, 11) is 0. The van der Waals surface area contributed by atoms with E-state index in [4.69, 9.17) is 15.7 Å². The summed E-state index contributed by atoms with van der Waals surface area (Å²) in [6.07, 6.45) is 0. The lowest BCUT2D eigenvalue weighted by atomic mass is 10.1. The third-order valence-electron chi connectivity index (χ3n) is 2.86. The van der Waals surface area contributed by atoms with Gasteiger partial charge in [0, 0.05) is 5.69 Å². The Morgan fingerprint density at radius 2 is 2.05 bits per heavy atom. The molecule has 21 heavy (non-hydrogen) atoms. The van der Waals surface area contributed by atoms with Gasteiger partial charge in [-0.2, -0.15) is 5.26 Å². The molecule has 0 aliphatic carbocycles. The standard InChI is InChI=1S/C16H15N3O2/c1-2-21-16(20)13-9-12(18)7-8-15(13)19-14-6-4-3-5-11(14)10-17/h3-9,19H,2,18H2,1H3. The van der Waals surface area contributed by atoms with E-state index in [-0.39, 0.29) is 6.61 Å². The molecule has 2 aromatic carbocycles. The van der Waals surface area contributed by atoms with Gasteiger partial charge < -0.3 is 15.8 Å². The zero-order valence-electron chi connectivity index (χ0n) is 11.6. The lowest BCUT2D eigenvalue weighted by Crippen LogP contribution is -2.09. The number of nitrogens with one attached hydrogen (secondary N) is 1. The fourth-order valence-electron chi connectivity index (χ4n) is 1.88. The highest BCUT2D eigenvalue weighted by Gasteiger charge is 2.14. The molecule has 106 valence electrons. The summed E-state index contributed by atoms with van der Waals surface area (Å²) in [6, 6.07) is 14.1. The number of anilines is 3. The van der Waals surface area contributed by atoms with E-state index in [1.165, 1.54) is 0 Å². The summed E-state index contributed by atoms with van der Waals surface area (Å²) in [4.78, 5) is 12.0. The molecule has 5 nitrogen and oxygen atoms in total. The molecule has 0 fully saturated rings. The molecule has 0 aliphatic heterocycles. The minimum Gasteiger partial charge on any atom is -0.462 e. The number of nitrogen functional groups attached to an aromatic ring is 1. The van der Waals surface area contributed by atoms with E-state index in [0.29, 0.717) is 28.2 Å². The third-order valence-corrected chi connectivity index (χ3v) is 2.86. The number of nitrogens with zero attached hydrogens (tertiary/aromatic N) is 1. The highest BCUT2D eigenvalue weighted by Crippen LogP contribution is 2.25. The number of hydrogen-bond donors (Lipinski definition) is 2. The average Bonchev–Trinajstić information content (AvgIpc) is 2.49. The van der Waals surface area contributed by atoms with Crippen molar-refractivity contribution in [1.29, 1.82) is 5.26 Å². The number of carbonyl (C=O) groups is 1. The average molecular weight is 281 g/mol. The quantitative estimate of drug-likeness (QED) is 0.664. The number of nitrogens with two attached hydrogens (primary N) is 1. The minimum atomic E-state index is -0.457. The molecule has 0 saturated heterocycles. The third kappa shape index (κ3) is 3.31. The highest BCUT2D eigenvalue weighted by atomic mass is 16.5. The summed E-state index contributed by atoms with van der Waals surface area (Å²) in [5, 5.41) is 12.2. The molecule has 0 amide bonds. The molecule has 3 N–H and O–H groups in total. The van der Waals surface area contributed by atoms with Gasteiger partial charge >= 0.3 is 5.97 Å². The number of esters is 1. The maximum Gasteiger partial charge on any atom is 0.340 e. The fourth-order valence-corrected chi connectivity index (χ4v) is 1.88. The first-order valence-electron chi connectivity index (χ1n) is 6.48. The second kappa shape index (κ2) is 6.44. The molecule has 0 saturated carbocycles. The molecule has 0 spiro atoms. The predicted octanol–water partition coefficient (Wildman–Crippen LogP) is 3.06. The van der Waals surface area contributed by atoms with Gasteiger partial charge in [0.2, 0.25) is 0 Å². The molecule has 2 rings (SSSR count). The number of nitriles is 1. The Balaban J connectivity index is 2.40. The van der Waals surface area contributed by atoms with Gasteiger partial charge in [-0.3, -0.25) is 0 Å². The van der Waals surface area contributed by atoms with Crippen LogP contribution in [0.1, 0.15) is 22.8 Å². The van der Waals surface area contributed by atoms with Gasteiger partial charge in [-0.25, -0.2) is 4.79 Å². The van der Waals surface area contributed by atoms with Crippen molar-refractivity contribution >= 4 is 23.0 Å². The number of hydrogen-bond acceptors (Lipinski definition) is 5. The van der Waals surface area contributed by atoms with Crippen LogP contribution >= 0.6 is 0 Å². The van der Waals surface area contributed by atoms with Gasteiger partial charge in [-0.15, -0.1) is 0 Å². The summed E-state index contributed by atoms with van der Waals surface area (Å²) >= 11 is 0. The van der Waals surface area contributed by atoms with Crippen molar-refractivity contribution in [2.45, 2.75) is 6.92 Å². The number of ether oxygens (including phenoxy) is 1. The molecule has 0 aliphatic rings. The van der Waals surface area contributed by atoms with Crippen molar-refractivity contribution in [1.82, 2.24) is 0 Å². The van der Waals surface area contributed by atoms with Crippen molar-refractivity contribution in [3.8, 4) is 6.07 Å². The zero-order valence-corrected chi connectivity index (χ0v) is 11.6. The summed E-state index contributed by atoms with van der Waals surface area (Å²) < 4.78 is 5.02. The number of benzene rings is 2. The molecule has 0 unspecified atom stereocenters. The maximum atomic E-state index is 12.0. The van der Waals surface area contributed by atoms with E-state index < -0.39 is 5.97 Å². The SMILES string of the molecule is CCOC(=O)c1cc(N)ccc1Nc1ccccc1C#N. The second-order valence-corrected chi connectivity index (χ2v) is 4.31. The van der Waals surface area contributed by atoms with Gasteiger partial charge in [0.25, 0.3) is 0 Å². The van der Waals surface area contributed by atoms with Crippen LogP contribution in [0.2, 0.25) is 0 Å². The molecular formula is C16H15N3O2. The predicted molar refractivity (Wildman–Crippen MR) is 81.3 cm³/mol. The lowest BCUT2D eigenvalue weighted by Gasteiger charge is -2.13. The Bertz CT molecular complexity index is 705. The number of rotatable bonds is 4. The Hall–Kier alpha value is -3.00. The van der Waals surface area contributed by atoms with E-state index in [9.17, 15) is 4.79 Å². The molecule has 2 aromatic rings. The van der Waals surface area contributed by atoms with Crippen LogP contribution in [0.4, 0.5) is 17.1 Å². The first-order chi connectivity index (χ1) is 10.2. The monoisotopic (exact) mass is 281 g/mol. The van der Waals surface area contributed by atoms with Crippen LogP contribution in [-0.2, 0) is 4.74 Å². The second-order valence-electron chi connectivity index (χ2n) is 4.31. The molecule has 0 bridgehead atoms. The minimum absolute atomic E-state index is 0.280. The zero-order chi connectivity index (χ0) is 15.2. The smallest absolute Gasteiger partial charge is 0.340 e. The lowest BCUT2D eigenvalue weighted by molar-refractivity contribution is 0.0527. The summed E-state index contributed by atoms with van der Waals surface area (Å²) in [6.45, 7) is 2.02. The number of para-hydroxylation sites is 1. The van der Waals surface area contributed by atoms with Crippen molar-refractivity contribution < 1.29 is 9.53 Å².